The minimum atomic E-state index is 0.459. The number of rotatable bonds is 3. The Morgan fingerprint density at radius 2 is 2.08 bits per heavy atom. The summed E-state index contributed by atoms with van der Waals surface area (Å²) in [4.78, 5) is 8.46. The van der Waals surface area contributed by atoms with Crippen LogP contribution in [0, 0.1) is 6.92 Å². The third kappa shape index (κ3) is 2.17. The van der Waals surface area contributed by atoms with Gasteiger partial charge in [-0.15, -0.1) is 0 Å². The van der Waals surface area contributed by atoms with Crippen molar-refractivity contribution < 1.29 is 0 Å². The van der Waals surface area contributed by atoms with Crippen LogP contribution >= 0.6 is 0 Å². The van der Waals surface area contributed by atoms with Crippen LogP contribution in [-0.2, 0) is 0 Å². The highest BCUT2D eigenvalue weighted by Crippen LogP contribution is 2.20. The Hall–Kier alpha value is -1.12. The fourth-order valence-electron chi connectivity index (χ4n) is 1.39. The molecule has 0 radical (unpaired) electrons. The maximum absolute atomic E-state index is 4.27. The summed E-state index contributed by atoms with van der Waals surface area (Å²) in [5.41, 5.74) is 2.30. The minimum Gasteiger partial charge on any atom is -0.370 e. The van der Waals surface area contributed by atoms with E-state index in [4.69, 9.17) is 0 Å². The van der Waals surface area contributed by atoms with Gasteiger partial charge in [0, 0.05) is 12.1 Å². The second kappa shape index (κ2) is 4.21. The van der Waals surface area contributed by atoms with Crippen molar-refractivity contribution in [3.05, 3.63) is 17.6 Å². The number of hydrogen-bond acceptors (Lipinski definition) is 3. The molecule has 0 aliphatic carbocycles. The summed E-state index contributed by atoms with van der Waals surface area (Å²) in [6.45, 7) is 9.31. The third-order valence-electron chi connectivity index (χ3n) is 2.01. The van der Waals surface area contributed by atoms with Gasteiger partial charge in [-0.3, -0.25) is 0 Å². The first-order chi connectivity index (χ1) is 6.16. The Labute approximate surface area is 79.6 Å². The minimum absolute atomic E-state index is 0.459. The van der Waals surface area contributed by atoms with Gasteiger partial charge in [-0.1, -0.05) is 13.8 Å². The lowest BCUT2D eigenvalue weighted by molar-refractivity contribution is 0.802. The van der Waals surface area contributed by atoms with Crippen LogP contribution in [-0.4, -0.2) is 16.5 Å². The van der Waals surface area contributed by atoms with Gasteiger partial charge in [0.25, 0.3) is 0 Å². The van der Waals surface area contributed by atoms with E-state index in [1.54, 1.807) is 6.33 Å². The predicted octanol–water partition coefficient (Wildman–Crippen LogP) is 2.34. The average Bonchev–Trinajstić information content (AvgIpc) is 2.08. The van der Waals surface area contributed by atoms with Crippen molar-refractivity contribution in [2.45, 2.75) is 33.6 Å². The number of anilines is 1. The monoisotopic (exact) mass is 179 g/mol. The molecule has 72 valence electrons. The zero-order valence-corrected chi connectivity index (χ0v) is 8.76. The Morgan fingerprint density at radius 1 is 1.38 bits per heavy atom. The molecule has 1 aromatic heterocycles. The normalized spacial score (nSPS) is 10.5. The summed E-state index contributed by atoms with van der Waals surface area (Å²) < 4.78 is 0. The lowest BCUT2D eigenvalue weighted by Gasteiger charge is -2.11. The van der Waals surface area contributed by atoms with Gasteiger partial charge in [-0.2, -0.15) is 0 Å². The van der Waals surface area contributed by atoms with Crippen molar-refractivity contribution in [2.24, 2.45) is 0 Å². The number of aromatic nitrogens is 2. The molecule has 0 bridgehead atoms. The molecule has 0 spiro atoms. The average molecular weight is 179 g/mol. The van der Waals surface area contributed by atoms with Crippen LogP contribution in [0.3, 0.4) is 0 Å². The van der Waals surface area contributed by atoms with Crippen LogP contribution in [0.25, 0.3) is 0 Å². The van der Waals surface area contributed by atoms with Crippen LogP contribution in [0.1, 0.15) is 37.9 Å². The lowest BCUT2D eigenvalue weighted by atomic mass is 10.1. The van der Waals surface area contributed by atoms with Gasteiger partial charge in [-0.05, 0) is 19.8 Å². The third-order valence-corrected chi connectivity index (χ3v) is 2.01. The van der Waals surface area contributed by atoms with E-state index in [-0.39, 0.29) is 0 Å². The molecule has 1 heterocycles. The molecule has 0 atom stereocenters. The van der Waals surface area contributed by atoms with Crippen LogP contribution in [0.2, 0.25) is 0 Å². The molecule has 0 amide bonds. The molecule has 1 rings (SSSR count). The van der Waals surface area contributed by atoms with Gasteiger partial charge in [-0.25, -0.2) is 9.97 Å². The Balaban J connectivity index is 3.03. The van der Waals surface area contributed by atoms with Gasteiger partial charge < -0.3 is 5.32 Å². The standard InChI is InChI=1S/C10H17N3/c1-5-11-10-8(4)9(7(2)3)12-6-13-10/h6-7H,5H2,1-4H3,(H,11,12,13). The van der Waals surface area contributed by atoms with E-state index in [9.17, 15) is 0 Å². The molecule has 3 heteroatoms. The maximum atomic E-state index is 4.27. The van der Waals surface area contributed by atoms with Crippen molar-refractivity contribution in [3.8, 4) is 0 Å². The number of nitrogens with zero attached hydrogens (tertiary/aromatic N) is 2. The Morgan fingerprint density at radius 3 is 2.62 bits per heavy atom. The topological polar surface area (TPSA) is 37.8 Å². The van der Waals surface area contributed by atoms with Crippen molar-refractivity contribution in [1.82, 2.24) is 9.97 Å². The highest BCUT2D eigenvalue weighted by molar-refractivity contribution is 5.45. The molecule has 0 saturated heterocycles. The zero-order valence-electron chi connectivity index (χ0n) is 8.76. The van der Waals surface area contributed by atoms with Crippen LogP contribution in [0.5, 0.6) is 0 Å². The van der Waals surface area contributed by atoms with Crippen LogP contribution < -0.4 is 5.32 Å². The summed E-state index contributed by atoms with van der Waals surface area (Å²) in [5, 5.41) is 3.22. The molecular weight excluding hydrogens is 162 g/mol. The van der Waals surface area contributed by atoms with Crippen LogP contribution in [0.15, 0.2) is 6.33 Å². The summed E-state index contributed by atoms with van der Waals surface area (Å²) in [7, 11) is 0. The Kier molecular flexibility index (Phi) is 3.23. The highest BCUT2D eigenvalue weighted by atomic mass is 15.0. The van der Waals surface area contributed by atoms with Gasteiger partial charge in [0.2, 0.25) is 0 Å². The largest absolute Gasteiger partial charge is 0.370 e. The first-order valence-corrected chi connectivity index (χ1v) is 4.72. The van der Waals surface area contributed by atoms with Gasteiger partial charge in [0.15, 0.2) is 0 Å². The van der Waals surface area contributed by atoms with Crippen molar-refractivity contribution in [2.75, 3.05) is 11.9 Å². The zero-order chi connectivity index (χ0) is 9.84. The van der Waals surface area contributed by atoms with Crippen molar-refractivity contribution in [1.29, 1.82) is 0 Å². The quantitative estimate of drug-likeness (QED) is 0.774. The van der Waals surface area contributed by atoms with E-state index >= 15 is 0 Å². The van der Waals surface area contributed by atoms with Gasteiger partial charge >= 0.3 is 0 Å². The second-order valence-electron chi connectivity index (χ2n) is 3.42. The van der Waals surface area contributed by atoms with E-state index in [0.29, 0.717) is 5.92 Å². The smallest absolute Gasteiger partial charge is 0.132 e. The van der Waals surface area contributed by atoms with E-state index in [2.05, 4.69) is 43.0 Å². The molecule has 0 fully saturated rings. The van der Waals surface area contributed by atoms with Crippen LogP contribution in [0.4, 0.5) is 5.82 Å². The first kappa shape index (κ1) is 9.96. The van der Waals surface area contributed by atoms with Crippen molar-refractivity contribution in [3.63, 3.8) is 0 Å². The van der Waals surface area contributed by atoms with Gasteiger partial charge in [0.1, 0.15) is 12.1 Å². The molecule has 13 heavy (non-hydrogen) atoms. The number of hydrogen-bond donors (Lipinski definition) is 1. The molecule has 0 unspecified atom stereocenters. The molecule has 1 aromatic rings. The van der Waals surface area contributed by atoms with Gasteiger partial charge in [0.05, 0.1) is 5.69 Å². The Bertz CT molecular complexity index is 281. The summed E-state index contributed by atoms with van der Waals surface area (Å²) in [6.07, 6.45) is 1.63. The first-order valence-electron chi connectivity index (χ1n) is 4.72. The lowest BCUT2D eigenvalue weighted by Crippen LogP contribution is -2.06. The van der Waals surface area contributed by atoms with E-state index in [0.717, 1.165) is 18.1 Å². The fraction of sp³-hybridized carbons (Fsp3) is 0.600. The van der Waals surface area contributed by atoms with E-state index < -0.39 is 0 Å². The molecule has 0 saturated carbocycles. The summed E-state index contributed by atoms with van der Waals surface area (Å²) in [5.74, 6) is 1.42. The molecular formula is C10H17N3. The predicted molar refractivity (Wildman–Crippen MR) is 55.0 cm³/mol. The molecule has 0 aliphatic rings. The second-order valence-corrected chi connectivity index (χ2v) is 3.42. The maximum Gasteiger partial charge on any atom is 0.132 e. The summed E-state index contributed by atoms with van der Waals surface area (Å²) in [6, 6.07) is 0. The summed E-state index contributed by atoms with van der Waals surface area (Å²) >= 11 is 0. The molecule has 3 nitrogen and oxygen atoms in total. The molecule has 1 N–H and O–H groups in total. The molecule has 0 aliphatic heterocycles. The number of nitrogens with one attached hydrogen (secondary N) is 1. The van der Waals surface area contributed by atoms with Crippen molar-refractivity contribution >= 4 is 5.82 Å². The highest BCUT2D eigenvalue weighted by Gasteiger charge is 2.08. The SMILES string of the molecule is CCNc1ncnc(C(C)C)c1C. The molecule has 0 aromatic carbocycles. The fourth-order valence-corrected chi connectivity index (χ4v) is 1.39. The van der Waals surface area contributed by atoms with E-state index in [1.807, 2.05) is 0 Å². The van der Waals surface area contributed by atoms with E-state index in [1.165, 1.54) is 5.56 Å².